The van der Waals surface area contributed by atoms with Gasteiger partial charge in [0, 0.05) is 22.8 Å². The second kappa shape index (κ2) is 9.52. The fourth-order valence-corrected chi connectivity index (χ4v) is 4.87. The fourth-order valence-electron chi connectivity index (χ4n) is 3.91. The topological polar surface area (TPSA) is 94.3 Å². The molecule has 1 aliphatic heterocycles. The molecule has 0 aliphatic carbocycles. The zero-order valence-corrected chi connectivity index (χ0v) is 19.5. The van der Waals surface area contributed by atoms with Crippen LogP contribution in [0.3, 0.4) is 0 Å². The Kier molecular flexibility index (Phi) is 6.13. The minimum absolute atomic E-state index is 0.0546. The van der Waals surface area contributed by atoms with Gasteiger partial charge in [0.25, 0.3) is 5.91 Å². The first-order chi connectivity index (χ1) is 16.6. The van der Waals surface area contributed by atoms with Crippen molar-refractivity contribution in [3.05, 3.63) is 82.8 Å². The van der Waals surface area contributed by atoms with Crippen molar-refractivity contribution in [2.75, 3.05) is 13.2 Å². The number of carbonyl (C=O) groups is 2. The number of nitrogens with one attached hydrogen (secondary N) is 1. The van der Waals surface area contributed by atoms with Crippen molar-refractivity contribution in [2.24, 2.45) is 0 Å². The maximum atomic E-state index is 13.9. The van der Waals surface area contributed by atoms with Gasteiger partial charge in [0.15, 0.2) is 0 Å². The molecule has 0 saturated heterocycles. The van der Waals surface area contributed by atoms with Crippen LogP contribution in [0.2, 0.25) is 0 Å². The summed E-state index contributed by atoms with van der Waals surface area (Å²) in [7, 11) is 0. The normalized spacial score (nSPS) is 14.6. The Hall–Kier alpha value is -3.92. The summed E-state index contributed by atoms with van der Waals surface area (Å²) in [4.78, 5) is 28.9. The maximum Gasteiger partial charge on any atom is 0.257 e. The quantitative estimate of drug-likeness (QED) is 0.480. The van der Waals surface area contributed by atoms with Crippen LogP contribution in [0.4, 0.5) is 0 Å². The highest BCUT2D eigenvalue weighted by molar-refractivity contribution is 7.14. The van der Waals surface area contributed by atoms with Gasteiger partial charge in [0.2, 0.25) is 5.91 Å². The molecule has 174 valence electrons. The van der Waals surface area contributed by atoms with Gasteiger partial charge in [0.05, 0.1) is 31.4 Å². The number of hydrogen-bond donors (Lipinski definition) is 1. The molecule has 3 aromatic heterocycles. The number of nitrogens with zero attached hydrogens (tertiary/aromatic N) is 5. The van der Waals surface area contributed by atoms with Crippen molar-refractivity contribution in [1.82, 2.24) is 29.8 Å². The number of aromatic nitrogens is 4. The number of ether oxygens (including phenoxy) is 1. The van der Waals surface area contributed by atoms with Crippen molar-refractivity contribution >= 4 is 23.2 Å². The molecule has 0 fully saturated rings. The van der Waals surface area contributed by atoms with Crippen LogP contribution in [0.15, 0.2) is 61.1 Å². The molecular formula is C24H24N6O3S. The Morgan fingerprint density at radius 2 is 1.94 bits per heavy atom. The highest BCUT2D eigenvalue weighted by Crippen LogP contribution is 2.29. The zero-order chi connectivity index (χ0) is 23.5. The van der Waals surface area contributed by atoms with Gasteiger partial charge in [-0.3, -0.25) is 9.59 Å². The summed E-state index contributed by atoms with van der Waals surface area (Å²) in [6, 6.07) is 13.4. The van der Waals surface area contributed by atoms with Crippen LogP contribution in [0.1, 0.15) is 26.5 Å². The van der Waals surface area contributed by atoms with E-state index >= 15 is 0 Å². The first-order valence-corrected chi connectivity index (χ1v) is 11.8. The zero-order valence-electron chi connectivity index (χ0n) is 18.7. The van der Waals surface area contributed by atoms with Gasteiger partial charge >= 0.3 is 0 Å². The summed E-state index contributed by atoms with van der Waals surface area (Å²) >= 11 is 1.57. The van der Waals surface area contributed by atoms with E-state index in [0.29, 0.717) is 36.7 Å². The van der Waals surface area contributed by atoms with Gasteiger partial charge in [0.1, 0.15) is 29.6 Å². The van der Waals surface area contributed by atoms with Crippen LogP contribution in [0.5, 0.6) is 5.75 Å². The van der Waals surface area contributed by atoms with Crippen molar-refractivity contribution < 1.29 is 14.3 Å². The number of para-hydroxylation sites is 1. The van der Waals surface area contributed by atoms with Crippen molar-refractivity contribution in [2.45, 2.75) is 26.6 Å². The fraction of sp³-hybridized carbons (Fsp3) is 0.250. The number of rotatable bonds is 2. The van der Waals surface area contributed by atoms with Gasteiger partial charge in [-0.15, -0.1) is 16.4 Å². The lowest BCUT2D eigenvalue weighted by Gasteiger charge is -2.23. The number of hydrogen-bond acceptors (Lipinski definition) is 6. The monoisotopic (exact) mass is 476 g/mol. The Labute approximate surface area is 200 Å². The second-order valence-corrected chi connectivity index (χ2v) is 9.28. The lowest BCUT2D eigenvalue weighted by molar-refractivity contribution is -0.122. The average molecular weight is 477 g/mol. The third-order valence-corrected chi connectivity index (χ3v) is 6.52. The van der Waals surface area contributed by atoms with Gasteiger partial charge in [-0.05, 0) is 31.2 Å². The largest absolute Gasteiger partial charge is 0.491 e. The Morgan fingerprint density at radius 3 is 2.79 bits per heavy atom. The molecule has 2 bridgehead atoms. The molecule has 4 heterocycles. The molecule has 1 aromatic carbocycles. The second-order valence-electron chi connectivity index (χ2n) is 8.04. The Bertz CT molecular complexity index is 1310. The van der Waals surface area contributed by atoms with E-state index < -0.39 is 0 Å². The van der Waals surface area contributed by atoms with E-state index in [0.717, 1.165) is 15.4 Å². The number of amides is 2. The van der Waals surface area contributed by atoms with Crippen molar-refractivity contribution in [3.8, 4) is 10.8 Å². The Morgan fingerprint density at radius 1 is 1.12 bits per heavy atom. The van der Waals surface area contributed by atoms with E-state index in [2.05, 4.69) is 15.6 Å². The average Bonchev–Trinajstić information content (AvgIpc) is 3.58. The summed E-state index contributed by atoms with van der Waals surface area (Å²) in [5.74, 6) is 0.396. The number of aryl methyl sites for hydroxylation is 1. The van der Waals surface area contributed by atoms with E-state index in [1.54, 1.807) is 22.4 Å². The van der Waals surface area contributed by atoms with Gasteiger partial charge in [-0.2, -0.15) is 0 Å². The lowest BCUT2D eigenvalue weighted by atomic mass is 10.1. The Balaban J connectivity index is 1.53. The summed E-state index contributed by atoms with van der Waals surface area (Å²) in [6.07, 6.45) is 5.58. The maximum absolute atomic E-state index is 13.9. The van der Waals surface area contributed by atoms with E-state index in [1.807, 2.05) is 66.3 Å². The molecule has 9 nitrogen and oxygen atoms in total. The van der Waals surface area contributed by atoms with Crippen LogP contribution in [-0.2, 0) is 24.4 Å². The molecule has 4 aromatic rings. The molecule has 34 heavy (non-hydrogen) atoms. The molecule has 1 N–H and O–H groups in total. The van der Waals surface area contributed by atoms with Gasteiger partial charge in [-0.1, -0.05) is 23.4 Å². The van der Waals surface area contributed by atoms with E-state index in [4.69, 9.17) is 4.74 Å². The standard InChI is InChI=1S/C24H24N6O3S/c1-17-12-20(24(34-17)28-9-4-5-10-28)23(32)29-13-18-6-2-3-7-21(18)33-11-8-25-22(31)16-30-15-19(14-29)26-27-30/h2-7,9-10,12,15H,8,11,13-14,16H2,1H3,(H,25,31). The lowest BCUT2D eigenvalue weighted by Crippen LogP contribution is -2.32. The molecule has 0 saturated carbocycles. The van der Waals surface area contributed by atoms with Crippen LogP contribution in [0, 0.1) is 6.92 Å². The van der Waals surface area contributed by atoms with Crippen LogP contribution in [-0.4, -0.2) is 49.4 Å². The number of fused-ring (bicyclic) bond motifs is 3. The summed E-state index contributed by atoms with van der Waals surface area (Å²) in [6.45, 7) is 3.33. The highest BCUT2D eigenvalue weighted by Gasteiger charge is 2.24. The van der Waals surface area contributed by atoms with E-state index in [-0.39, 0.29) is 24.9 Å². The van der Waals surface area contributed by atoms with Crippen LogP contribution < -0.4 is 10.1 Å². The van der Waals surface area contributed by atoms with Crippen molar-refractivity contribution in [3.63, 3.8) is 0 Å². The highest BCUT2D eigenvalue weighted by atomic mass is 32.1. The smallest absolute Gasteiger partial charge is 0.257 e. The molecular weight excluding hydrogens is 452 g/mol. The summed E-state index contributed by atoms with van der Waals surface area (Å²) in [5.41, 5.74) is 2.11. The van der Waals surface area contributed by atoms with E-state index in [1.165, 1.54) is 4.68 Å². The summed E-state index contributed by atoms with van der Waals surface area (Å²) in [5, 5.41) is 12.0. The summed E-state index contributed by atoms with van der Waals surface area (Å²) < 4.78 is 9.38. The third-order valence-electron chi connectivity index (χ3n) is 5.45. The molecule has 0 spiro atoms. The molecule has 0 unspecified atom stereocenters. The number of benzene rings is 1. The SMILES string of the molecule is Cc1cc(C(=O)N2Cc3cn(nn3)CC(=O)NCCOc3ccccc3C2)c(-n2cccc2)s1. The molecule has 2 amide bonds. The molecule has 5 rings (SSSR count). The molecule has 1 aliphatic rings. The molecule has 10 heteroatoms. The minimum Gasteiger partial charge on any atom is -0.491 e. The minimum atomic E-state index is -0.177. The van der Waals surface area contributed by atoms with Gasteiger partial charge < -0.3 is 19.5 Å². The van der Waals surface area contributed by atoms with Crippen LogP contribution >= 0.6 is 11.3 Å². The van der Waals surface area contributed by atoms with Crippen molar-refractivity contribution in [1.29, 1.82) is 0 Å². The predicted octanol–water partition coefficient (Wildman–Crippen LogP) is 2.79. The number of thiophene rings is 1. The first kappa shape index (κ1) is 21.9. The molecule has 0 radical (unpaired) electrons. The third kappa shape index (κ3) is 4.72. The van der Waals surface area contributed by atoms with Gasteiger partial charge in [-0.25, -0.2) is 4.68 Å². The van der Waals surface area contributed by atoms with E-state index in [9.17, 15) is 9.59 Å². The molecule has 0 atom stereocenters. The van der Waals surface area contributed by atoms with Crippen LogP contribution in [0.25, 0.3) is 5.00 Å². The first-order valence-electron chi connectivity index (χ1n) is 11.0. The number of carbonyl (C=O) groups excluding carboxylic acids is 2. The predicted molar refractivity (Wildman–Crippen MR) is 127 cm³/mol.